The third-order valence-corrected chi connectivity index (χ3v) is 3.09. The molecule has 1 atom stereocenters. The molecule has 0 saturated carbocycles. The predicted molar refractivity (Wildman–Crippen MR) is 75.3 cm³/mol. The highest BCUT2D eigenvalue weighted by Crippen LogP contribution is 2.23. The van der Waals surface area contributed by atoms with Gasteiger partial charge in [-0.05, 0) is 19.1 Å². The van der Waals surface area contributed by atoms with Gasteiger partial charge in [-0.25, -0.2) is 4.98 Å². The number of carbonyl (C=O) groups is 1. The van der Waals surface area contributed by atoms with Crippen molar-refractivity contribution in [1.29, 1.82) is 0 Å². The van der Waals surface area contributed by atoms with Gasteiger partial charge in [-0.2, -0.15) is 0 Å². The highest BCUT2D eigenvalue weighted by molar-refractivity contribution is 7.13. The molecule has 2 aromatic rings. The van der Waals surface area contributed by atoms with Crippen molar-refractivity contribution in [3.05, 3.63) is 35.3 Å². The van der Waals surface area contributed by atoms with Crippen LogP contribution >= 0.6 is 11.3 Å². The van der Waals surface area contributed by atoms with Crippen LogP contribution in [0.15, 0.2) is 29.8 Å². The van der Waals surface area contributed by atoms with Crippen LogP contribution in [0.5, 0.6) is 11.5 Å². The van der Waals surface area contributed by atoms with Gasteiger partial charge in [0.05, 0.1) is 6.61 Å². The van der Waals surface area contributed by atoms with E-state index in [1.807, 2.05) is 0 Å². The van der Waals surface area contributed by atoms with Gasteiger partial charge >= 0.3 is 0 Å². The Kier molecular flexibility index (Phi) is 4.54. The molecule has 1 heterocycles. The Hall–Kier alpha value is -2.12. The first kappa shape index (κ1) is 14.3. The van der Waals surface area contributed by atoms with E-state index in [2.05, 4.69) is 10.3 Å². The molecule has 0 aliphatic rings. The van der Waals surface area contributed by atoms with E-state index < -0.39 is 12.0 Å². The zero-order chi connectivity index (χ0) is 14.5. The van der Waals surface area contributed by atoms with Gasteiger partial charge < -0.3 is 14.9 Å². The topological polar surface area (TPSA) is 91.7 Å². The molecule has 0 fully saturated rings. The molecule has 0 radical (unpaired) electrons. The van der Waals surface area contributed by atoms with Crippen LogP contribution in [-0.2, 0) is 0 Å². The number of hydrogen-bond acceptors (Lipinski definition) is 6. The summed E-state index contributed by atoms with van der Waals surface area (Å²) >= 11 is 1.30. The van der Waals surface area contributed by atoms with Crippen molar-refractivity contribution in [2.24, 2.45) is 0 Å². The van der Waals surface area contributed by atoms with Crippen molar-refractivity contribution in [3.63, 3.8) is 0 Å². The van der Waals surface area contributed by atoms with Crippen LogP contribution in [0.2, 0.25) is 0 Å². The minimum absolute atomic E-state index is 0.0862. The Balaban J connectivity index is 2.16. The maximum Gasteiger partial charge on any atom is 0.257 e. The summed E-state index contributed by atoms with van der Waals surface area (Å²) in [6, 6.07) is 4.21. The number of phenolic OH excluding ortho intramolecular Hbond substituents is 1. The molecule has 20 heavy (non-hydrogen) atoms. The molecule has 0 saturated heterocycles. The van der Waals surface area contributed by atoms with Crippen LogP contribution in [0.4, 0.5) is 5.13 Å². The van der Waals surface area contributed by atoms with E-state index in [0.29, 0.717) is 10.9 Å². The highest BCUT2D eigenvalue weighted by atomic mass is 32.1. The number of carbonyl (C=O) groups excluding carboxylic acids is 1. The van der Waals surface area contributed by atoms with Gasteiger partial charge in [0.1, 0.15) is 17.6 Å². The number of ether oxygens (including phenoxy) is 1. The second-order valence-electron chi connectivity index (χ2n) is 4.12. The van der Waals surface area contributed by atoms with E-state index in [0.717, 1.165) is 0 Å². The fourth-order valence-corrected chi connectivity index (χ4v) is 2.03. The number of aromatic hydroxyl groups is 1. The zero-order valence-corrected chi connectivity index (χ0v) is 11.6. The molecule has 3 N–H and O–H groups in total. The number of phenols is 1. The smallest absolute Gasteiger partial charge is 0.257 e. The number of aliphatic hydroxyl groups excluding tert-OH is 1. The summed E-state index contributed by atoms with van der Waals surface area (Å²) in [5.41, 5.74) is 0.250. The standard InChI is InChI=1S/C13H14N2O4S/c1-8(7-16)19-11-5-9(4-10(17)6-11)12(18)15-13-14-2-3-20-13/h2-6,8,16-17H,7H2,1H3,(H,14,15,18)/t8-/m0/s1. The summed E-state index contributed by atoms with van der Waals surface area (Å²) in [6.07, 6.45) is 1.16. The molecule has 2 rings (SSSR count). The van der Waals surface area contributed by atoms with Gasteiger partial charge in [0.25, 0.3) is 5.91 Å². The number of nitrogens with one attached hydrogen (secondary N) is 1. The first-order valence-corrected chi connectivity index (χ1v) is 6.79. The van der Waals surface area contributed by atoms with Crippen LogP contribution in [0.3, 0.4) is 0 Å². The normalized spacial score (nSPS) is 11.9. The molecule has 0 unspecified atom stereocenters. The molecule has 1 amide bonds. The number of benzene rings is 1. The number of hydrogen-bond donors (Lipinski definition) is 3. The lowest BCUT2D eigenvalue weighted by atomic mass is 10.2. The first-order valence-electron chi connectivity index (χ1n) is 5.91. The van der Waals surface area contributed by atoms with Gasteiger partial charge in [-0.1, -0.05) is 0 Å². The second-order valence-corrected chi connectivity index (χ2v) is 5.01. The molecule has 0 spiro atoms. The molecule has 1 aromatic carbocycles. The molecular weight excluding hydrogens is 280 g/mol. The van der Waals surface area contributed by atoms with Gasteiger partial charge in [0.15, 0.2) is 5.13 Å². The summed E-state index contributed by atoms with van der Waals surface area (Å²) in [5, 5.41) is 23.4. The minimum Gasteiger partial charge on any atom is -0.508 e. The number of amides is 1. The Labute approximate surface area is 119 Å². The lowest BCUT2D eigenvalue weighted by Crippen LogP contribution is -2.17. The van der Waals surface area contributed by atoms with E-state index in [9.17, 15) is 9.90 Å². The quantitative estimate of drug-likeness (QED) is 0.783. The van der Waals surface area contributed by atoms with Crippen LogP contribution in [0, 0.1) is 0 Å². The SMILES string of the molecule is C[C@@H](CO)Oc1cc(O)cc(C(=O)Nc2nccs2)c1. The molecule has 0 aliphatic carbocycles. The Morgan fingerprint density at radius 3 is 2.95 bits per heavy atom. The van der Waals surface area contributed by atoms with E-state index in [-0.39, 0.29) is 17.9 Å². The Morgan fingerprint density at radius 1 is 1.50 bits per heavy atom. The van der Waals surface area contributed by atoms with Crippen molar-refractivity contribution >= 4 is 22.4 Å². The van der Waals surface area contributed by atoms with Crippen LogP contribution in [-0.4, -0.2) is 33.8 Å². The molecule has 0 aliphatic heterocycles. The van der Waals surface area contributed by atoms with Crippen molar-refractivity contribution in [3.8, 4) is 11.5 Å². The summed E-state index contributed by atoms with van der Waals surface area (Å²) in [6.45, 7) is 1.52. The fourth-order valence-electron chi connectivity index (χ4n) is 1.51. The number of thiazole rings is 1. The molecule has 106 valence electrons. The Bertz CT molecular complexity index is 586. The van der Waals surface area contributed by atoms with E-state index >= 15 is 0 Å². The minimum atomic E-state index is -0.424. The van der Waals surface area contributed by atoms with Gasteiger partial charge in [-0.3, -0.25) is 10.1 Å². The molecule has 1 aromatic heterocycles. The number of rotatable bonds is 5. The van der Waals surface area contributed by atoms with Gasteiger partial charge in [0, 0.05) is 23.2 Å². The lowest BCUT2D eigenvalue weighted by Gasteiger charge is -2.13. The maximum atomic E-state index is 12.0. The van der Waals surface area contributed by atoms with Crippen molar-refractivity contribution < 1.29 is 19.7 Å². The molecule has 6 nitrogen and oxygen atoms in total. The summed E-state index contributed by atoms with van der Waals surface area (Å²) < 4.78 is 5.37. The van der Waals surface area contributed by atoms with E-state index in [1.165, 1.54) is 29.5 Å². The van der Waals surface area contributed by atoms with Crippen LogP contribution in [0.25, 0.3) is 0 Å². The summed E-state index contributed by atoms with van der Waals surface area (Å²) in [4.78, 5) is 16.0. The predicted octanol–water partition coefficient (Wildman–Crippen LogP) is 1.86. The average molecular weight is 294 g/mol. The summed E-state index contributed by atoms with van der Waals surface area (Å²) in [5.74, 6) is -0.162. The number of nitrogens with zero attached hydrogens (tertiary/aromatic N) is 1. The average Bonchev–Trinajstić information content (AvgIpc) is 2.90. The van der Waals surface area contributed by atoms with Crippen molar-refractivity contribution in [2.45, 2.75) is 13.0 Å². The monoisotopic (exact) mass is 294 g/mol. The Morgan fingerprint density at radius 2 is 2.30 bits per heavy atom. The first-order chi connectivity index (χ1) is 9.58. The largest absolute Gasteiger partial charge is 0.508 e. The fraction of sp³-hybridized carbons (Fsp3) is 0.231. The van der Waals surface area contributed by atoms with Crippen LogP contribution < -0.4 is 10.1 Å². The second kappa shape index (κ2) is 6.36. The molecule has 7 heteroatoms. The van der Waals surface area contributed by atoms with E-state index in [4.69, 9.17) is 9.84 Å². The third-order valence-electron chi connectivity index (χ3n) is 2.40. The van der Waals surface area contributed by atoms with Crippen LogP contribution in [0.1, 0.15) is 17.3 Å². The molecule has 0 bridgehead atoms. The number of anilines is 1. The third kappa shape index (κ3) is 3.69. The van der Waals surface area contributed by atoms with Gasteiger partial charge in [0.2, 0.25) is 0 Å². The zero-order valence-electron chi connectivity index (χ0n) is 10.7. The van der Waals surface area contributed by atoms with Crippen molar-refractivity contribution in [2.75, 3.05) is 11.9 Å². The molecular formula is C13H14N2O4S. The van der Waals surface area contributed by atoms with Gasteiger partial charge in [-0.15, -0.1) is 11.3 Å². The lowest BCUT2D eigenvalue weighted by molar-refractivity contribution is 0.102. The highest BCUT2D eigenvalue weighted by Gasteiger charge is 2.12. The maximum absolute atomic E-state index is 12.0. The number of aliphatic hydroxyl groups is 1. The van der Waals surface area contributed by atoms with E-state index in [1.54, 1.807) is 18.5 Å². The van der Waals surface area contributed by atoms with Crippen molar-refractivity contribution in [1.82, 2.24) is 4.98 Å². The number of aromatic nitrogens is 1. The summed E-state index contributed by atoms with van der Waals surface area (Å²) in [7, 11) is 0.